The van der Waals surface area contributed by atoms with Crippen LogP contribution in [-0.4, -0.2) is 59.6 Å². The molecule has 1 fully saturated rings. The summed E-state index contributed by atoms with van der Waals surface area (Å²) in [5.41, 5.74) is 6.58. The zero-order valence-electron chi connectivity index (χ0n) is 11.0. The molecule has 0 spiro atoms. The van der Waals surface area contributed by atoms with E-state index >= 15 is 0 Å². The van der Waals surface area contributed by atoms with Crippen molar-refractivity contribution in [3.63, 3.8) is 0 Å². The molecule has 5 heteroatoms. The molecule has 5 nitrogen and oxygen atoms in total. The summed E-state index contributed by atoms with van der Waals surface area (Å²) in [6, 6.07) is 10.3. The van der Waals surface area contributed by atoms with E-state index in [9.17, 15) is 9.90 Å². The van der Waals surface area contributed by atoms with Crippen LogP contribution in [0.3, 0.4) is 0 Å². The Hall–Kier alpha value is -1.43. The molecule has 0 aliphatic carbocycles. The predicted octanol–water partition coefficient (Wildman–Crippen LogP) is -0.350. The van der Waals surface area contributed by atoms with E-state index in [1.54, 1.807) is 4.90 Å². The van der Waals surface area contributed by atoms with Gasteiger partial charge in [-0.3, -0.25) is 9.69 Å². The Labute approximate surface area is 113 Å². The summed E-state index contributed by atoms with van der Waals surface area (Å²) in [5, 5.41) is 9.45. The number of aliphatic hydroxyl groups excluding tert-OH is 1. The summed E-state index contributed by atoms with van der Waals surface area (Å²) in [7, 11) is 0. The molecule has 1 aliphatic rings. The van der Waals surface area contributed by atoms with Crippen molar-refractivity contribution < 1.29 is 9.90 Å². The molecule has 104 valence electrons. The van der Waals surface area contributed by atoms with E-state index in [0.29, 0.717) is 13.1 Å². The topological polar surface area (TPSA) is 69.8 Å². The lowest BCUT2D eigenvalue weighted by atomic mass is 10.2. The Morgan fingerprint density at radius 3 is 2.42 bits per heavy atom. The van der Waals surface area contributed by atoms with Crippen LogP contribution in [0.2, 0.25) is 0 Å². The third-order valence-electron chi connectivity index (χ3n) is 3.44. The highest BCUT2D eigenvalue weighted by Gasteiger charge is 2.25. The molecular formula is C14H21N3O2. The lowest BCUT2D eigenvalue weighted by Gasteiger charge is -2.35. The van der Waals surface area contributed by atoms with E-state index in [4.69, 9.17) is 5.73 Å². The van der Waals surface area contributed by atoms with Gasteiger partial charge in [0.25, 0.3) is 5.91 Å². The van der Waals surface area contributed by atoms with Crippen LogP contribution in [0.4, 0.5) is 0 Å². The van der Waals surface area contributed by atoms with Crippen molar-refractivity contribution >= 4 is 5.91 Å². The number of aliphatic hydroxyl groups is 1. The van der Waals surface area contributed by atoms with Gasteiger partial charge in [0.2, 0.25) is 0 Å². The molecule has 1 unspecified atom stereocenters. The van der Waals surface area contributed by atoms with Crippen molar-refractivity contribution in [2.24, 2.45) is 5.73 Å². The van der Waals surface area contributed by atoms with Crippen LogP contribution in [0.1, 0.15) is 5.56 Å². The summed E-state index contributed by atoms with van der Waals surface area (Å²) in [5.74, 6) is -0.248. The van der Waals surface area contributed by atoms with Crippen molar-refractivity contribution in [1.29, 1.82) is 0 Å². The molecule has 0 aromatic heterocycles. The fraction of sp³-hybridized carbons (Fsp3) is 0.500. The van der Waals surface area contributed by atoms with Gasteiger partial charge in [0.1, 0.15) is 6.10 Å². The molecule has 1 atom stereocenters. The smallest absolute Gasteiger partial charge is 0.252 e. The van der Waals surface area contributed by atoms with E-state index < -0.39 is 6.10 Å². The first-order chi connectivity index (χ1) is 9.20. The monoisotopic (exact) mass is 263 g/mol. The number of rotatable bonds is 4. The zero-order valence-corrected chi connectivity index (χ0v) is 11.0. The maximum Gasteiger partial charge on any atom is 0.252 e. The van der Waals surface area contributed by atoms with Crippen LogP contribution >= 0.6 is 0 Å². The first-order valence-corrected chi connectivity index (χ1v) is 6.64. The van der Waals surface area contributed by atoms with Gasteiger partial charge in [0, 0.05) is 39.3 Å². The minimum Gasteiger partial charge on any atom is -0.382 e. The van der Waals surface area contributed by atoms with Crippen LogP contribution in [0.25, 0.3) is 0 Å². The lowest BCUT2D eigenvalue weighted by Crippen LogP contribution is -2.52. The molecule has 1 heterocycles. The molecule has 1 aromatic rings. The van der Waals surface area contributed by atoms with Gasteiger partial charge in [0.05, 0.1) is 0 Å². The standard InChI is InChI=1S/C14H21N3O2/c15-10-13(18)14(19)17-8-6-16(7-9-17)11-12-4-2-1-3-5-12/h1-5,13,18H,6-11,15H2. The molecular weight excluding hydrogens is 242 g/mol. The average Bonchev–Trinajstić information content (AvgIpc) is 2.47. The lowest BCUT2D eigenvalue weighted by molar-refractivity contribution is -0.141. The van der Waals surface area contributed by atoms with Gasteiger partial charge in [-0.2, -0.15) is 0 Å². The van der Waals surface area contributed by atoms with Gasteiger partial charge in [-0.05, 0) is 5.56 Å². The average molecular weight is 263 g/mol. The fourth-order valence-corrected chi connectivity index (χ4v) is 2.28. The van der Waals surface area contributed by atoms with Crippen LogP contribution in [0.15, 0.2) is 30.3 Å². The van der Waals surface area contributed by atoms with Gasteiger partial charge >= 0.3 is 0 Å². The highest BCUT2D eigenvalue weighted by Crippen LogP contribution is 2.09. The number of carbonyl (C=O) groups is 1. The van der Waals surface area contributed by atoms with Crippen molar-refractivity contribution in [2.75, 3.05) is 32.7 Å². The second kappa shape index (κ2) is 6.65. The van der Waals surface area contributed by atoms with E-state index in [-0.39, 0.29) is 12.5 Å². The molecule has 2 rings (SSSR count). The Balaban J connectivity index is 1.81. The minimum absolute atomic E-state index is 0.0109. The SMILES string of the molecule is NCC(O)C(=O)N1CCN(Cc2ccccc2)CC1. The Morgan fingerprint density at radius 2 is 1.84 bits per heavy atom. The molecule has 0 radical (unpaired) electrons. The van der Waals surface area contributed by atoms with Gasteiger partial charge < -0.3 is 15.7 Å². The number of benzene rings is 1. The van der Waals surface area contributed by atoms with Crippen LogP contribution in [0, 0.1) is 0 Å². The third-order valence-corrected chi connectivity index (χ3v) is 3.44. The van der Waals surface area contributed by atoms with E-state index in [1.807, 2.05) is 18.2 Å². The molecule has 1 saturated heterocycles. The number of nitrogens with two attached hydrogens (primary N) is 1. The van der Waals surface area contributed by atoms with Gasteiger partial charge in [0.15, 0.2) is 0 Å². The Kier molecular flexibility index (Phi) is 4.90. The van der Waals surface area contributed by atoms with Crippen molar-refractivity contribution in [3.05, 3.63) is 35.9 Å². The van der Waals surface area contributed by atoms with Crippen LogP contribution in [0.5, 0.6) is 0 Å². The minimum atomic E-state index is -1.05. The number of hydrogen-bond donors (Lipinski definition) is 2. The van der Waals surface area contributed by atoms with E-state index in [1.165, 1.54) is 5.56 Å². The number of piperazine rings is 1. The second-order valence-corrected chi connectivity index (χ2v) is 4.84. The molecule has 3 N–H and O–H groups in total. The number of carbonyl (C=O) groups excluding carboxylic acids is 1. The van der Waals surface area contributed by atoms with Gasteiger partial charge in [-0.25, -0.2) is 0 Å². The van der Waals surface area contributed by atoms with E-state index in [2.05, 4.69) is 17.0 Å². The number of nitrogens with zero attached hydrogens (tertiary/aromatic N) is 2. The second-order valence-electron chi connectivity index (χ2n) is 4.84. The number of amides is 1. The molecule has 1 amide bonds. The molecule has 0 saturated carbocycles. The Bertz CT molecular complexity index is 402. The fourth-order valence-electron chi connectivity index (χ4n) is 2.28. The molecule has 1 aromatic carbocycles. The molecule has 0 bridgehead atoms. The molecule has 1 aliphatic heterocycles. The number of hydrogen-bond acceptors (Lipinski definition) is 4. The largest absolute Gasteiger partial charge is 0.382 e. The summed E-state index contributed by atoms with van der Waals surface area (Å²) < 4.78 is 0. The van der Waals surface area contributed by atoms with Crippen molar-refractivity contribution in [2.45, 2.75) is 12.6 Å². The normalized spacial score (nSPS) is 18.3. The van der Waals surface area contributed by atoms with Crippen molar-refractivity contribution in [1.82, 2.24) is 9.80 Å². The maximum atomic E-state index is 11.8. The quantitative estimate of drug-likeness (QED) is 0.779. The highest BCUT2D eigenvalue weighted by atomic mass is 16.3. The summed E-state index contributed by atoms with van der Waals surface area (Å²) in [4.78, 5) is 15.8. The van der Waals surface area contributed by atoms with Crippen molar-refractivity contribution in [3.8, 4) is 0 Å². The first-order valence-electron chi connectivity index (χ1n) is 6.64. The highest BCUT2D eigenvalue weighted by molar-refractivity contribution is 5.81. The summed E-state index contributed by atoms with van der Waals surface area (Å²) >= 11 is 0. The van der Waals surface area contributed by atoms with E-state index in [0.717, 1.165) is 19.6 Å². The zero-order chi connectivity index (χ0) is 13.7. The summed E-state index contributed by atoms with van der Waals surface area (Å²) in [6.07, 6.45) is -1.05. The van der Waals surface area contributed by atoms with Gasteiger partial charge in [-0.1, -0.05) is 30.3 Å². The maximum absolute atomic E-state index is 11.8. The predicted molar refractivity (Wildman–Crippen MR) is 73.4 cm³/mol. The Morgan fingerprint density at radius 1 is 1.21 bits per heavy atom. The van der Waals surface area contributed by atoms with Crippen LogP contribution in [-0.2, 0) is 11.3 Å². The summed E-state index contributed by atoms with van der Waals surface area (Å²) in [6.45, 7) is 3.87. The first kappa shape index (κ1) is 14.0. The molecule has 19 heavy (non-hydrogen) atoms. The van der Waals surface area contributed by atoms with Gasteiger partial charge in [-0.15, -0.1) is 0 Å². The van der Waals surface area contributed by atoms with Crippen LogP contribution < -0.4 is 5.73 Å². The third kappa shape index (κ3) is 3.76.